The summed E-state index contributed by atoms with van der Waals surface area (Å²) < 4.78 is 5.18. The number of hydrogen-bond donors (Lipinski definition) is 2. The van der Waals surface area contributed by atoms with Gasteiger partial charge in [0.25, 0.3) is 0 Å². The van der Waals surface area contributed by atoms with Crippen LogP contribution in [-0.4, -0.2) is 36.5 Å². The normalized spacial score (nSPS) is 11.5. The summed E-state index contributed by atoms with van der Waals surface area (Å²) in [4.78, 5) is 10.4. The highest BCUT2D eigenvalue weighted by Gasteiger charge is 1.99. The molecular formula is C10H20N2O3. The van der Waals surface area contributed by atoms with Gasteiger partial charge < -0.3 is 15.3 Å². The zero-order valence-electron chi connectivity index (χ0n) is 9.45. The predicted molar refractivity (Wildman–Crippen MR) is 59.1 cm³/mol. The van der Waals surface area contributed by atoms with Crippen LogP contribution in [0.25, 0.3) is 0 Å². The molecule has 0 aromatic heterocycles. The lowest BCUT2D eigenvalue weighted by Crippen LogP contribution is -2.16. The summed E-state index contributed by atoms with van der Waals surface area (Å²) in [5, 5.41) is 12.2. The molecule has 0 rings (SSSR count). The monoisotopic (exact) mass is 216 g/mol. The van der Waals surface area contributed by atoms with Gasteiger partial charge in [0.05, 0.1) is 0 Å². The summed E-state index contributed by atoms with van der Waals surface area (Å²) in [6.07, 6.45) is 3.08. The number of rotatable bonds is 9. The van der Waals surface area contributed by atoms with Gasteiger partial charge in [-0.15, -0.1) is 0 Å². The van der Waals surface area contributed by atoms with Gasteiger partial charge in [0, 0.05) is 19.8 Å². The molecule has 0 amide bonds. The van der Waals surface area contributed by atoms with Crippen molar-refractivity contribution in [3.8, 4) is 0 Å². The number of hydrazone groups is 1. The lowest BCUT2D eigenvalue weighted by atomic mass is 10.2. The Hall–Kier alpha value is -1.10. The number of hydrogen-bond acceptors (Lipinski definition) is 4. The lowest BCUT2D eigenvalue weighted by Gasteiger charge is -2.02. The standard InChI is InChI=1S/C10H20N2O3/c1-3-15-8-6-4-5-7-11-12-9(2)10(13)14/h11H,3-8H2,1-2H3,(H,13,14). The summed E-state index contributed by atoms with van der Waals surface area (Å²) in [5.74, 6) is -0.987. The SMILES string of the molecule is CCOCCCCCNN=C(C)C(=O)O. The second-order valence-electron chi connectivity index (χ2n) is 3.17. The van der Waals surface area contributed by atoms with Crippen molar-refractivity contribution >= 4 is 11.7 Å². The number of nitrogens with one attached hydrogen (secondary N) is 1. The lowest BCUT2D eigenvalue weighted by molar-refractivity contribution is -0.129. The molecule has 0 heterocycles. The molecule has 0 saturated heterocycles. The average Bonchev–Trinajstić information content (AvgIpc) is 2.21. The van der Waals surface area contributed by atoms with E-state index in [-0.39, 0.29) is 5.71 Å². The molecule has 0 aliphatic carbocycles. The average molecular weight is 216 g/mol. The summed E-state index contributed by atoms with van der Waals surface area (Å²) in [7, 11) is 0. The van der Waals surface area contributed by atoms with Gasteiger partial charge in [0.15, 0.2) is 0 Å². The third kappa shape index (κ3) is 9.21. The van der Waals surface area contributed by atoms with Crippen LogP contribution < -0.4 is 5.43 Å². The van der Waals surface area contributed by atoms with Crippen LogP contribution in [0, 0.1) is 0 Å². The second-order valence-corrected chi connectivity index (χ2v) is 3.17. The molecule has 5 nitrogen and oxygen atoms in total. The van der Waals surface area contributed by atoms with Gasteiger partial charge in [0.2, 0.25) is 0 Å². The first kappa shape index (κ1) is 13.9. The van der Waals surface area contributed by atoms with E-state index in [2.05, 4.69) is 10.5 Å². The van der Waals surface area contributed by atoms with Crippen LogP contribution in [0.5, 0.6) is 0 Å². The molecule has 0 aliphatic rings. The second kappa shape index (κ2) is 9.45. The van der Waals surface area contributed by atoms with Crippen LogP contribution in [0.2, 0.25) is 0 Å². The Morgan fingerprint density at radius 3 is 2.73 bits per heavy atom. The molecule has 0 aromatic carbocycles. The molecule has 15 heavy (non-hydrogen) atoms. The Morgan fingerprint density at radius 2 is 2.13 bits per heavy atom. The summed E-state index contributed by atoms with van der Waals surface area (Å²) >= 11 is 0. The number of aliphatic carboxylic acids is 1. The van der Waals surface area contributed by atoms with E-state index in [1.807, 2.05) is 6.92 Å². The quantitative estimate of drug-likeness (QED) is 0.345. The van der Waals surface area contributed by atoms with Crippen LogP contribution in [-0.2, 0) is 9.53 Å². The first-order chi connectivity index (χ1) is 7.18. The Labute approximate surface area is 90.5 Å². The van der Waals surface area contributed by atoms with Crippen molar-refractivity contribution in [1.29, 1.82) is 0 Å². The first-order valence-corrected chi connectivity index (χ1v) is 5.26. The highest BCUT2D eigenvalue weighted by atomic mass is 16.5. The van der Waals surface area contributed by atoms with E-state index >= 15 is 0 Å². The zero-order valence-corrected chi connectivity index (χ0v) is 9.45. The molecule has 0 saturated carbocycles. The number of unbranched alkanes of at least 4 members (excludes halogenated alkanes) is 2. The van der Waals surface area contributed by atoms with Gasteiger partial charge in [-0.05, 0) is 33.1 Å². The Balaban J connectivity index is 3.25. The van der Waals surface area contributed by atoms with Crippen LogP contribution >= 0.6 is 0 Å². The number of nitrogens with zero attached hydrogens (tertiary/aromatic N) is 1. The van der Waals surface area contributed by atoms with Crippen molar-refractivity contribution in [2.24, 2.45) is 5.10 Å². The molecule has 0 atom stereocenters. The molecule has 0 fully saturated rings. The number of ether oxygens (including phenoxy) is 1. The van der Waals surface area contributed by atoms with E-state index in [1.165, 1.54) is 6.92 Å². The van der Waals surface area contributed by atoms with Gasteiger partial charge in [0.1, 0.15) is 5.71 Å². The van der Waals surface area contributed by atoms with Crippen LogP contribution in [0.15, 0.2) is 5.10 Å². The summed E-state index contributed by atoms with van der Waals surface area (Å²) in [5.41, 5.74) is 2.81. The molecule has 0 unspecified atom stereocenters. The summed E-state index contributed by atoms with van der Waals surface area (Å²) in [6.45, 7) is 5.71. The van der Waals surface area contributed by atoms with Crippen molar-refractivity contribution in [1.82, 2.24) is 5.43 Å². The predicted octanol–water partition coefficient (Wildman–Crippen LogP) is 1.24. The largest absolute Gasteiger partial charge is 0.477 e. The van der Waals surface area contributed by atoms with Gasteiger partial charge in [-0.25, -0.2) is 4.79 Å². The fraction of sp³-hybridized carbons (Fsp3) is 0.800. The highest BCUT2D eigenvalue weighted by molar-refractivity contribution is 6.34. The fourth-order valence-electron chi connectivity index (χ4n) is 0.952. The zero-order chi connectivity index (χ0) is 11.5. The van der Waals surface area contributed by atoms with Gasteiger partial charge in [-0.1, -0.05) is 0 Å². The molecule has 88 valence electrons. The maximum absolute atomic E-state index is 10.4. The van der Waals surface area contributed by atoms with Crippen LogP contribution in [0.1, 0.15) is 33.1 Å². The minimum absolute atomic E-state index is 0.0873. The van der Waals surface area contributed by atoms with E-state index in [0.29, 0.717) is 6.54 Å². The van der Waals surface area contributed by atoms with E-state index in [9.17, 15) is 4.79 Å². The molecule has 0 spiro atoms. The third-order valence-electron chi connectivity index (χ3n) is 1.84. The Bertz CT molecular complexity index is 205. The Kier molecular flexibility index (Phi) is 8.76. The molecule has 2 N–H and O–H groups in total. The minimum atomic E-state index is -0.987. The van der Waals surface area contributed by atoms with Crippen molar-refractivity contribution < 1.29 is 14.6 Å². The first-order valence-electron chi connectivity index (χ1n) is 5.26. The number of carboxylic acid groups (broad SMARTS) is 1. The molecule has 0 bridgehead atoms. The Morgan fingerprint density at radius 1 is 1.40 bits per heavy atom. The van der Waals surface area contributed by atoms with Crippen LogP contribution in [0.4, 0.5) is 0 Å². The number of carbonyl (C=O) groups is 1. The fourth-order valence-corrected chi connectivity index (χ4v) is 0.952. The van der Waals surface area contributed by atoms with Crippen LogP contribution in [0.3, 0.4) is 0 Å². The maximum atomic E-state index is 10.4. The molecule has 0 aliphatic heterocycles. The highest BCUT2D eigenvalue weighted by Crippen LogP contribution is 1.94. The van der Waals surface area contributed by atoms with Gasteiger partial charge >= 0.3 is 5.97 Å². The van der Waals surface area contributed by atoms with Crippen molar-refractivity contribution in [2.75, 3.05) is 19.8 Å². The third-order valence-corrected chi connectivity index (χ3v) is 1.84. The maximum Gasteiger partial charge on any atom is 0.351 e. The molecule has 5 heteroatoms. The van der Waals surface area contributed by atoms with Gasteiger partial charge in [-0.3, -0.25) is 0 Å². The van der Waals surface area contributed by atoms with E-state index < -0.39 is 5.97 Å². The van der Waals surface area contributed by atoms with Crippen molar-refractivity contribution in [3.63, 3.8) is 0 Å². The smallest absolute Gasteiger partial charge is 0.351 e. The van der Waals surface area contributed by atoms with Gasteiger partial charge in [-0.2, -0.15) is 5.10 Å². The summed E-state index contributed by atoms with van der Waals surface area (Å²) in [6, 6.07) is 0. The minimum Gasteiger partial charge on any atom is -0.477 e. The van der Waals surface area contributed by atoms with E-state index in [1.54, 1.807) is 0 Å². The van der Waals surface area contributed by atoms with Crippen molar-refractivity contribution in [3.05, 3.63) is 0 Å². The molecule has 0 radical (unpaired) electrons. The topological polar surface area (TPSA) is 70.9 Å². The number of carboxylic acids is 1. The van der Waals surface area contributed by atoms with E-state index in [4.69, 9.17) is 9.84 Å². The van der Waals surface area contributed by atoms with Crippen molar-refractivity contribution in [2.45, 2.75) is 33.1 Å². The molecule has 0 aromatic rings. The molecular weight excluding hydrogens is 196 g/mol. The van der Waals surface area contributed by atoms with E-state index in [0.717, 1.165) is 32.5 Å².